The lowest BCUT2D eigenvalue weighted by Gasteiger charge is -2.16. The van der Waals surface area contributed by atoms with E-state index < -0.39 is 48.0 Å². The van der Waals surface area contributed by atoms with Crippen LogP contribution in [0.25, 0.3) is 0 Å². The average molecular weight is 495 g/mol. The molecule has 0 bridgehead atoms. The lowest BCUT2D eigenvalue weighted by atomic mass is 10.0. The third kappa shape index (κ3) is 11.4. The van der Waals surface area contributed by atoms with Gasteiger partial charge in [0.15, 0.2) is 0 Å². The molecule has 196 valence electrons. The van der Waals surface area contributed by atoms with Crippen molar-refractivity contribution in [1.82, 2.24) is 0 Å². The molecule has 8 N–H and O–H groups in total. The standard InChI is InChI=1S/C24H38N4O7/c1-13(2)9-17(25)21(29)33-12-20(28)24(32)34-16-7-5-15(6-8-16)11-19(27)23(31)35-22(30)18(26)10-14(3)4/h5-8,13-14,17-20H,9-12,25-28H2,1-4H3/t17-,18-,19-,20-/m0/s1. The Hall–Kier alpha value is -2.86. The maximum Gasteiger partial charge on any atom is 0.331 e. The first-order chi connectivity index (χ1) is 16.3. The Balaban J connectivity index is 2.52. The number of carbonyl (C=O) groups is 4. The van der Waals surface area contributed by atoms with Crippen LogP contribution in [0.5, 0.6) is 5.75 Å². The number of esters is 4. The van der Waals surface area contributed by atoms with Gasteiger partial charge >= 0.3 is 23.9 Å². The molecule has 0 saturated heterocycles. The molecule has 11 nitrogen and oxygen atoms in total. The first-order valence-corrected chi connectivity index (χ1v) is 11.5. The number of benzene rings is 1. The van der Waals surface area contributed by atoms with Gasteiger partial charge in [0.1, 0.15) is 36.5 Å². The van der Waals surface area contributed by atoms with E-state index >= 15 is 0 Å². The Morgan fingerprint density at radius 2 is 1.17 bits per heavy atom. The van der Waals surface area contributed by atoms with Crippen LogP contribution < -0.4 is 27.7 Å². The Bertz CT molecular complexity index is 858. The summed E-state index contributed by atoms with van der Waals surface area (Å²) in [4.78, 5) is 48.0. The molecule has 0 aliphatic carbocycles. The zero-order valence-corrected chi connectivity index (χ0v) is 20.8. The number of nitrogens with two attached hydrogens (primary N) is 4. The molecule has 0 spiro atoms. The Morgan fingerprint density at radius 1 is 0.686 bits per heavy atom. The van der Waals surface area contributed by atoms with Crippen LogP contribution in [0, 0.1) is 11.8 Å². The van der Waals surface area contributed by atoms with E-state index in [1.165, 1.54) is 12.1 Å². The quantitative estimate of drug-likeness (QED) is 0.165. The lowest BCUT2D eigenvalue weighted by Crippen LogP contribution is -2.41. The number of hydrogen-bond donors (Lipinski definition) is 4. The first-order valence-electron chi connectivity index (χ1n) is 11.5. The van der Waals surface area contributed by atoms with Gasteiger partial charge in [0.2, 0.25) is 0 Å². The predicted octanol–water partition coefficient (Wildman–Crippen LogP) is 0.149. The van der Waals surface area contributed by atoms with Gasteiger partial charge in [-0.05, 0) is 48.8 Å². The Kier molecular flexibility index (Phi) is 12.5. The van der Waals surface area contributed by atoms with Crippen LogP contribution in [0.2, 0.25) is 0 Å². The highest BCUT2D eigenvalue weighted by Crippen LogP contribution is 2.15. The minimum Gasteiger partial charge on any atom is -0.462 e. The fourth-order valence-electron chi connectivity index (χ4n) is 3.03. The highest BCUT2D eigenvalue weighted by molar-refractivity contribution is 5.90. The van der Waals surface area contributed by atoms with Gasteiger partial charge in [0.25, 0.3) is 0 Å². The normalized spacial score (nSPS) is 14.7. The van der Waals surface area contributed by atoms with Crippen LogP contribution in [-0.4, -0.2) is 54.7 Å². The molecule has 0 aromatic heterocycles. The van der Waals surface area contributed by atoms with Crippen molar-refractivity contribution in [3.05, 3.63) is 29.8 Å². The van der Waals surface area contributed by atoms with E-state index in [1.807, 2.05) is 27.7 Å². The molecule has 0 saturated carbocycles. The second-order valence-corrected chi connectivity index (χ2v) is 9.32. The smallest absolute Gasteiger partial charge is 0.331 e. The number of hydrogen-bond acceptors (Lipinski definition) is 11. The van der Waals surface area contributed by atoms with Crippen molar-refractivity contribution in [1.29, 1.82) is 0 Å². The van der Waals surface area contributed by atoms with Gasteiger partial charge in [0, 0.05) is 0 Å². The lowest BCUT2D eigenvalue weighted by molar-refractivity contribution is -0.162. The molecule has 4 atom stereocenters. The van der Waals surface area contributed by atoms with Gasteiger partial charge in [-0.1, -0.05) is 39.8 Å². The molecule has 0 heterocycles. The zero-order valence-electron chi connectivity index (χ0n) is 20.8. The molecular weight excluding hydrogens is 456 g/mol. The fraction of sp³-hybridized carbons (Fsp3) is 0.583. The van der Waals surface area contributed by atoms with Crippen LogP contribution >= 0.6 is 0 Å². The van der Waals surface area contributed by atoms with Crippen molar-refractivity contribution >= 4 is 23.9 Å². The maximum atomic E-state index is 12.2. The summed E-state index contributed by atoms with van der Waals surface area (Å²) in [6, 6.07) is 2.22. The van der Waals surface area contributed by atoms with E-state index in [1.54, 1.807) is 12.1 Å². The predicted molar refractivity (Wildman–Crippen MR) is 129 cm³/mol. The van der Waals surface area contributed by atoms with E-state index in [0.717, 1.165) is 0 Å². The molecule has 0 fully saturated rings. The average Bonchev–Trinajstić information content (AvgIpc) is 2.77. The summed E-state index contributed by atoms with van der Waals surface area (Å²) in [5, 5.41) is 0. The highest BCUT2D eigenvalue weighted by Gasteiger charge is 2.24. The van der Waals surface area contributed by atoms with Gasteiger partial charge in [-0.25, -0.2) is 14.4 Å². The van der Waals surface area contributed by atoms with E-state index in [2.05, 4.69) is 0 Å². The summed E-state index contributed by atoms with van der Waals surface area (Å²) in [7, 11) is 0. The topological polar surface area (TPSA) is 200 Å². The SMILES string of the molecule is CC(C)C[C@H](N)C(=O)OC[C@H](N)C(=O)Oc1ccc(C[C@H](N)C(=O)OC(=O)[C@@H](N)CC(C)C)cc1. The summed E-state index contributed by atoms with van der Waals surface area (Å²) in [5.41, 5.74) is 23.7. The van der Waals surface area contributed by atoms with Gasteiger partial charge in [-0.2, -0.15) is 0 Å². The molecular formula is C24H38N4O7. The number of rotatable bonds is 13. The number of ether oxygens (including phenoxy) is 3. The molecule has 0 radical (unpaired) electrons. The number of carbonyl (C=O) groups excluding carboxylic acids is 4. The van der Waals surface area contributed by atoms with Crippen LogP contribution in [-0.2, 0) is 35.1 Å². The summed E-state index contributed by atoms with van der Waals surface area (Å²) < 4.78 is 14.9. The zero-order chi connectivity index (χ0) is 26.7. The molecule has 0 amide bonds. The summed E-state index contributed by atoms with van der Waals surface area (Å²) in [6.45, 7) is 7.28. The Labute approximate surface area is 205 Å². The maximum absolute atomic E-state index is 12.2. The van der Waals surface area contributed by atoms with Crippen molar-refractivity contribution in [3.63, 3.8) is 0 Å². The minimum atomic E-state index is -1.19. The second kappa shape index (κ2) is 14.5. The minimum absolute atomic E-state index is 0.0891. The van der Waals surface area contributed by atoms with Crippen molar-refractivity contribution in [3.8, 4) is 5.75 Å². The van der Waals surface area contributed by atoms with Crippen LogP contribution in [0.1, 0.15) is 46.1 Å². The third-order valence-corrected chi connectivity index (χ3v) is 4.87. The van der Waals surface area contributed by atoms with Crippen molar-refractivity contribution in [2.45, 2.75) is 71.1 Å². The van der Waals surface area contributed by atoms with Crippen LogP contribution in [0.4, 0.5) is 0 Å². The van der Waals surface area contributed by atoms with Gasteiger partial charge in [-0.15, -0.1) is 0 Å². The largest absolute Gasteiger partial charge is 0.462 e. The molecule has 0 unspecified atom stereocenters. The molecule has 11 heteroatoms. The molecule has 1 aromatic carbocycles. The fourth-order valence-corrected chi connectivity index (χ4v) is 3.03. The van der Waals surface area contributed by atoms with E-state index in [0.29, 0.717) is 18.4 Å². The third-order valence-electron chi connectivity index (χ3n) is 4.87. The molecule has 1 rings (SSSR count). The molecule has 35 heavy (non-hydrogen) atoms. The van der Waals surface area contributed by atoms with Crippen LogP contribution in [0.15, 0.2) is 24.3 Å². The summed E-state index contributed by atoms with van der Waals surface area (Å²) >= 11 is 0. The Morgan fingerprint density at radius 3 is 1.69 bits per heavy atom. The van der Waals surface area contributed by atoms with Gasteiger partial charge in [0.05, 0.1) is 0 Å². The van der Waals surface area contributed by atoms with Gasteiger partial charge in [-0.3, -0.25) is 4.79 Å². The molecule has 0 aliphatic rings. The van der Waals surface area contributed by atoms with Crippen LogP contribution in [0.3, 0.4) is 0 Å². The summed E-state index contributed by atoms with van der Waals surface area (Å²) in [5.74, 6) is -2.53. The van der Waals surface area contributed by atoms with Gasteiger partial charge < -0.3 is 37.1 Å². The monoisotopic (exact) mass is 494 g/mol. The van der Waals surface area contributed by atoms with Crippen molar-refractivity contribution in [2.75, 3.05) is 6.61 Å². The van der Waals surface area contributed by atoms with Crippen molar-refractivity contribution < 1.29 is 33.4 Å². The first kappa shape index (κ1) is 30.2. The van der Waals surface area contributed by atoms with E-state index in [9.17, 15) is 19.2 Å². The van der Waals surface area contributed by atoms with Crippen molar-refractivity contribution in [2.24, 2.45) is 34.8 Å². The second-order valence-electron chi connectivity index (χ2n) is 9.32. The summed E-state index contributed by atoms with van der Waals surface area (Å²) in [6.07, 6.45) is 0.930. The van der Waals surface area contributed by atoms with E-state index in [-0.39, 0.29) is 30.6 Å². The highest BCUT2D eigenvalue weighted by atomic mass is 16.6. The molecule has 0 aliphatic heterocycles. The van der Waals surface area contributed by atoms with E-state index in [4.69, 9.17) is 37.1 Å². The molecule has 1 aromatic rings.